The Hall–Kier alpha value is -2.20. The normalized spacial score (nSPS) is 19.5. The van der Waals surface area contributed by atoms with E-state index in [1.54, 1.807) is 19.1 Å². The van der Waals surface area contributed by atoms with Gasteiger partial charge in [-0.2, -0.15) is 0 Å². The van der Waals surface area contributed by atoms with Crippen molar-refractivity contribution in [3.63, 3.8) is 0 Å². The summed E-state index contributed by atoms with van der Waals surface area (Å²) in [5.41, 5.74) is 3.06. The minimum absolute atomic E-state index is 0. The van der Waals surface area contributed by atoms with Crippen LogP contribution in [0.15, 0.2) is 48.5 Å². The third-order valence-electron chi connectivity index (χ3n) is 4.14. The molecule has 0 saturated heterocycles. The fourth-order valence-electron chi connectivity index (χ4n) is 3.19. The number of benzene rings is 2. The van der Waals surface area contributed by atoms with Gasteiger partial charge in [-0.3, -0.25) is 4.79 Å². The van der Waals surface area contributed by atoms with Crippen LogP contribution in [-0.4, -0.2) is 17.1 Å². The van der Waals surface area contributed by atoms with Crippen LogP contribution in [0.5, 0.6) is 5.75 Å². The summed E-state index contributed by atoms with van der Waals surface area (Å²) in [7, 11) is 0. The van der Waals surface area contributed by atoms with Gasteiger partial charge >= 0.3 is 0 Å². The maximum absolute atomic E-state index is 12.0. The molecule has 1 amide bonds. The standard InChI is InChI=1S/C18H20N2O2.ClH/c1-12-11-17(19-14-7-9-15(22)10-8-14)16-5-3-4-6-18(16)20(12)13(2)21;/h3-10,12,17,19,22H,11H2,1-2H3;1H. The summed E-state index contributed by atoms with van der Waals surface area (Å²) in [5, 5.41) is 12.9. The van der Waals surface area contributed by atoms with E-state index in [2.05, 4.69) is 18.3 Å². The van der Waals surface area contributed by atoms with Crippen molar-refractivity contribution in [1.82, 2.24) is 0 Å². The molecule has 23 heavy (non-hydrogen) atoms. The fourth-order valence-corrected chi connectivity index (χ4v) is 3.19. The molecule has 4 nitrogen and oxygen atoms in total. The van der Waals surface area contributed by atoms with Gasteiger partial charge in [-0.15, -0.1) is 12.4 Å². The molecule has 2 aromatic rings. The Morgan fingerprint density at radius 3 is 2.48 bits per heavy atom. The van der Waals surface area contributed by atoms with Crippen molar-refractivity contribution in [2.75, 3.05) is 10.2 Å². The molecule has 3 rings (SSSR count). The van der Waals surface area contributed by atoms with E-state index in [-0.39, 0.29) is 36.1 Å². The van der Waals surface area contributed by atoms with Crippen molar-refractivity contribution in [2.24, 2.45) is 0 Å². The molecule has 1 heterocycles. The van der Waals surface area contributed by atoms with Crippen LogP contribution in [0.2, 0.25) is 0 Å². The molecule has 2 aromatic carbocycles. The van der Waals surface area contributed by atoms with Crippen LogP contribution < -0.4 is 10.2 Å². The number of para-hydroxylation sites is 1. The monoisotopic (exact) mass is 332 g/mol. The van der Waals surface area contributed by atoms with Gasteiger partial charge in [0, 0.05) is 24.3 Å². The Bertz CT molecular complexity index is 688. The first-order chi connectivity index (χ1) is 10.6. The van der Waals surface area contributed by atoms with E-state index in [9.17, 15) is 9.90 Å². The second-order valence-electron chi connectivity index (χ2n) is 5.78. The van der Waals surface area contributed by atoms with Crippen LogP contribution in [0.25, 0.3) is 0 Å². The Labute approximate surface area is 142 Å². The number of nitrogens with zero attached hydrogens (tertiary/aromatic N) is 1. The van der Waals surface area contributed by atoms with Gasteiger partial charge in [0.15, 0.2) is 0 Å². The molecule has 5 heteroatoms. The van der Waals surface area contributed by atoms with E-state index >= 15 is 0 Å². The summed E-state index contributed by atoms with van der Waals surface area (Å²) in [5.74, 6) is 0.328. The Kier molecular flexibility index (Phi) is 5.16. The lowest BCUT2D eigenvalue weighted by atomic mass is 9.91. The van der Waals surface area contributed by atoms with Gasteiger partial charge in [-0.1, -0.05) is 18.2 Å². The first kappa shape index (κ1) is 17.2. The zero-order valence-corrected chi connectivity index (χ0v) is 14.0. The quantitative estimate of drug-likeness (QED) is 0.814. The lowest BCUT2D eigenvalue weighted by Crippen LogP contribution is -2.43. The van der Waals surface area contributed by atoms with E-state index in [1.165, 1.54) is 0 Å². The van der Waals surface area contributed by atoms with Crippen molar-refractivity contribution in [2.45, 2.75) is 32.4 Å². The SMILES string of the molecule is CC(=O)N1c2ccccc2C(Nc2ccc(O)cc2)CC1C.Cl. The van der Waals surface area contributed by atoms with E-state index in [4.69, 9.17) is 0 Å². The topological polar surface area (TPSA) is 52.6 Å². The molecule has 1 aliphatic heterocycles. The zero-order chi connectivity index (χ0) is 15.7. The smallest absolute Gasteiger partial charge is 0.224 e. The number of aromatic hydroxyl groups is 1. The highest BCUT2D eigenvalue weighted by Gasteiger charge is 2.31. The number of phenolic OH excluding ortho intramolecular Hbond substituents is 1. The Balaban J connectivity index is 0.00000192. The lowest BCUT2D eigenvalue weighted by molar-refractivity contribution is -0.117. The van der Waals surface area contributed by atoms with Gasteiger partial charge in [0.1, 0.15) is 5.75 Å². The van der Waals surface area contributed by atoms with Gasteiger partial charge in [-0.25, -0.2) is 0 Å². The molecule has 2 atom stereocenters. The molecule has 0 spiro atoms. The minimum atomic E-state index is 0. The number of nitrogens with one attached hydrogen (secondary N) is 1. The number of halogens is 1. The molecule has 2 unspecified atom stereocenters. The number of carbonyl (C=O) groups is 1. The third-order valence-corrected chi connectivity index (χ3v) is 4.14. The first-order valence-electron chi connectivity index (χ1n) is 7.50. The number of amides is 1. The summed E-state index contributed by atoms with van der Waals surface area (Å²) in [6, 6.07) is 15.4. The second kappa shape index (κ2) is 6.92. The summed E-state index contributed by atoms with van der Waals surface area (Å²) < 4.78 is 0. The molecule has 1 aliphatic rings. The van der Waals surface area contributed by atoms with Crippen LogP contribution in [0, 0.1) is 0 Å². The molecule has 0 radical (unpaired) electrons. The Morgan fingerprint density at radius 2 is 1.83 bits per heavy atom. The fraction of sp³-hybridized carbons (Fsp3) is 0.278. The number of hydrogen-bond donors (Lipinski definition) is 2. The number of fused-ring (bicyclic) bond motifs is 1. The lowest BCUT2D eigenvalue weighted by Gasteiger charge is -2.39. The minimum Gasteiger partial charge on any atom is -0.508 e. The molecule has 0 aliphatic carbocycles. The molecule has 0 aromatic heterocycles. The highest BCUT2D eigenvalue weighted by Crippen LogP contribution is 2.38. The maximum atomic E-state index is 12.0. The third kappa shape index (κ3) is 3.42. The van der Waals surface area contributed by atoms with Crippen LogP contribution in [0.3, 0.4) is 0 Å². The highest BCUT2D eigenvalue weighted by molar-refractivity contribution is 5.93. The first-order valence-corrected chi connectivity index (χ1v) is 7.50. The second-order valence-corrected chi connectivity index (χ2v) is 5.78. The van der Waals surface area contributed by atoms with Crippen LogP contribution >= 0.6 is 12.4 Å². The number of carbonyl (C=O) groups excluding carboxylic acids is 1. The van der Waals surface area contributed by atoms with Crippen molar-refractivity contribution in [3.05, 3.63) is 54.1 Å². The van der Waals surface area contributed by atoms with E-state index < -0.39 is 0 Å². The number of rotatable bonds is 2. The number of hydrogen-bond acceptors (Lipinski definition) is 3. The largest absolute Gasteiger partial charge is 0.508 e. The molecule has 0 saturated carbocycles. The van der Waals surface area contributed by atoms with Crippen molar-refractivity contribution < 1.29 is 9.90 Å². The molecule has 122 valence electrons. The van der Waals surface area contributed by atoms with Gasteiger partial charge < -0.3 is 15.3 Å². The molecule has 0 bridgehead atoms. The summed E-state index contributed by atoms with van der Waals surface area (Å²) in [6.45, 7) is 3.68. The van der Waals surface area contributed by atoms with Crippen molar-refractivity contribution in [3.8, 4) is 5.75 Å². The van der Waals surface area contributed by atoms with Gasteiger partial charge in [0.2, 0.25) is 5.91 Å². The average Bonchev–Trinajstić information content (AvgIpc) is 2.49. The van der Waals surface area contributed by atoms with Gasteiger partial charge in [-0.05, 0) is 49.2 Å². The molecule has 0 fully saturated rings. The van der Waals surface area contributed by atoms with E-state index in [0.29, 0.717) is 0 Å². The Morgan fingerprint density at radius 1 is 1.17 bits per heavy atom. The summed E-state index contributed by atoms with van der Waals surface area (Å²) >= 11 is 0. The predicted molar refractivity (Wildman–Crippen MR) is 95.4 cm³/mol. The molecular weight excluding hydrogens is 312 g/mol. The number of anilines is 2. The molecular formula is C18H21ClN2O2. The van der Waals surface area contributed by atoms with E-state index in [0.717, 1.165) is 23.4 Å². The van der Waals surface area contributed by atoms with Crippen LogP contribution in [0.1, 0.15) is 31.9 Å². The van der Waals surface area contributed by atoms with Crippen molar-refractivity contribution >= 4 is 29.7 Å². The highest BCUT2D eigenvalue weighted by atomic mass is 35.5. The number of phenols is 1. The van der Waals surface area contributed by atoms with Gasteiger partial charge in [0.05, 0.1) is 6.04 Å². The summed E-state index contributed by atoms with van der Waals surface area (Å²) in [6.07, 6.45) is 0.845. The molecule has 2 N–H and O–H groups in total. The van der Waals surface area contributed by atoms with Crippen LogP contribution in [-0.2, 0) is 4.79 Å². The average molecular weight is 333 g/mol. The van der Waals surface area contributed by atoms with Gasteiger partial charge in [0.25, 0.3) is 0 Å². The van der Waals surface area contributed by atoms with Crippen LogP contribution in [0.4, 0.5) is 11.4 Å². The maximum Gasteiger partial charge on any atom is 0.224 e. The predicted octanol–water partition coefficient (Wildman–Crippen LogP) is 4.11. The zero-order valence-electron chi connectivity index (χ0n) is 13.2. The van der Waals surface area contributed by atoms with Crippen molar-refractivity contribution in [1.29, 1.82) is 0 Å². The summed E-state index contributed by atoms with van der Waals surface area (Å²) in [4.78, 5) is 13.8. The van der Waals surface area contributed by atoms with E-state index in [1.807, 2.05) is 35.2 Å².